The summed E-state index contributed by atoms with van der Waals surface area (Å²) < 4.78 is 3.49. The zero-order chi connectivity index (χ0) is 21.4. The molecule has 1 atom stereocenters. The van der Waals surface area contributed by atoms with Gasteiger partial charge in [-0.25, -0.2) is 14.3 Å². The maximum absolute atomic E-state index is 13.5. The van der Waals surface area contributed by atoms with E-state index in [0.29, 0.717) is 11.6 Å². The minimum absolute atomic E-state index is 0.0453. The summed E-state index contributed by atoms with van der Waals surface area (Å²) in [5, 5.41) is 8.93. The lowest BCUT2D eigenvalue weighted by molar-refractivity contribution is 0.0733. The molecule has 0 saturated heterocycles. The van der Waals surface area contributed by atoms with E-state index < -0.39 is 0 Å². The lowest BCUT2D eigenvalue weighted by Gasteiger charge is -2.25. The fourth-order valence-electron chi connectivity index (χ4n) is 3.72. The van der Waals surface area contributed by atoms with Crippen LogP contribution in [-0.4, -0.2) is 42.4 Å². The van der Waals surface area contributed by atoms with E-state index in [9.17, 15) is 4.79 Å². The Hall–Kier alpha value is -3.74. The molecule has 1 fully saturated rings. The number of hydrogen-bond donors (Lipinski definition) is 0. The Bertz CT molecular complexity index is 1180. The predicted octanol–water partition coefficient (Wildman–Crippen LogP) is 4.16. The SMILES string of the molecule is CC(c1ccc(-n2cncn2)cc1)N(C)C(=O)c1cc(C2CC2)nn1-c1ccccc1. The number of amides is 1. The molecule has 7 heteroatoms. The average Bonchev–Trinajstić information content (AvgIpc) is 3.34. The minimum atomic E-state index is -0.0965. The van der Waals surface area contributed by atoms with Gasteiger partial charge in [0.1, 0.15) is 18.3 Å². The second-order valence-electron chi connectivity index (χ2n) is 8.00. The Morgan fingerprint density at radius 3 is 2.45 bits per heavy atom. The van der Waals surface area contributed by atoms with Gasteiger partial charge < -0.3 is 4.90 Å². The number of hydrogen-bond acceptors (Lipinski definition) is 4. The van der Waals surface area contributed by atoms with Gasteiger partial charge in [0, 0.05) is 13.0 Å². The van der Waals surface area contributed by atoms with Crippen molar-refractivity contribution in [3.8, 4) is 11.4 Å². The van der Waals surface area contributed by atoms with Crippen LogP contribution in [-0.2, 0) is 0 Å². The first kappa shape index (κ1) is 19.2. The smallest absolute Gasteiger partial charge is 0.272 e. The monoisotopic (exact) mass is 412 g/mol. The first-order valence-corrected chi connectivity index (χ1v) is 10.5. The van der Waals surface area contributed by atoms with Crippen LogP contribution in [0.5, 0.6) is 0 Å². The summed E-state index contributed by atoms with van der Waals surface area (Å²) in [4.78, 5) is 19.3. The molecule has 2 heterocycles. The summed E-state index contributed by atoms with van der Waals surface area (Å²) in [6.45, 7) is 2.04. The number of carbonyl (C=O) groups is 1. The third-order valence-electron chi connectivity index (χ3n) is 5.90. The van der Waals surface area contributed by atoms with Crippen molar-refractivity contribution < 1.29 is 4.79 Å². The van der Waals surface area contributed by atoms with Crippen molar-refractivity contribution in [3.05, 3.63) is 90.3 Å². The highest BCUT2D eigenvalue weighted by molar-refractivity contribution is 5.93. The lowest BCUT2D eigenvalue weighted by atomic mass is 10.1. The molecule has 1 aliphatic rings. The number of carbonyl (C=O) groups excluding carboxylic acids is 1. The highest BCUT2D eigenvalue weighted by Gasteiger charge is 2.30. The van der Waals surface area contributed by atoms with Crippen molar-refractivity contribution in [1.82, 2.24) is 29.4 Å². The normalized spacial score (nSPS) is 14.4. The molecule has 0 bridgehead atoms. The molecule has 156 valence electrons. The Balaban J connectivity index is 1.42. The lowest BCUT2D eigenvalue weighted by Crippen LogP contribution is -2.31. The zero-order valence-corrected chi connectivity index (χ0v) is 17.6. The van der Waals surface area contributed by atoms with Gasteiger partial charge in [-0.2, -0.15) is 10.2 Å². The highest BCUT2D eigenvalue weighted by Crippen LogP contribution is 2.40. The minimum Gasteiger partial charge on any atom is -0.334 e. The largest absolute Gasteiger partial charge is 0.334 e. The van der Waals surface area contributed by atoms with E-state index in [1.165, 1.54) is 6.33 Å². The summed E-state index contributed by atoms with van der Waals surface area (Å²) in [6, 6.07) is 19.7. The number of nitrogens with zero attached hydrogens (tertiary/aromatic N) is 6. The van der Waals surface area contributed by atoms with E-state index in [1.807, 2.05) is 74.6 Å². The van der Waals surface area contributed by atoms with Crippen molar-refractivity contribution in [2.45, 2.75) is 31.7 Å². The summed E-state index contributed by atoms with van der Waals surface area (Å²) in [5.74, 6) is 0.430. The number of para-hydroxylation sites is 1. The van der Waals surface area contributed by atoms with E-state index in [4.69, 9.17) is 5.10 Å². The van der Waals surface area contributed by atoms with Crippen LogP contribution in [0.1, 0.15) is 53.5 Å². The van der Waals surface area contributed by atoms with Crippen molar-refractivity contribution in [3.63, 3.8) is 0 Å². The van der Waals surface area contributed by atoms with Gasteiger partial charge in [0.2, 0.25) is 0 Å². The van der Waals surface area contributed by atoms with Gasteiger partial charge in [-0.1, -0.05) is 30.3 Å². The fraction of sp³-hybridized carbons (Fsp3) is 0.250. The van der Waals surface area contributed by atoms with Gasteiger partial charge in [0.15, 0.2) is 0 Å². The molecule has 0 aliphatic heterocycles. The van der Waals surface area contributed by atoms with Gasteiger partial charge in [-0.15, -0.1) is 0 Å². The Morgan fingerprint density at radius 1 is 1.06 bits per heavy atom. The second kappa shape index (κ2) is 7.83. The molecule has 1 saturated carbocycles. The van der Waals surface area contributed by atoms with E-state index in [1.54, 1.807) is 20.6 Å². The van der Waals surface area contributed by atoms with Crippen LogP contribution in [0.15, 0.2) is 73.3 Å². The van der Waals surface area contributed by atoms with Gasteiger partial charge in [-0.05, 0) is 55.7 Å². The molecule has 1 aliphatic carbocycles. The van der Waals surface area contributed by atoms with Crippen molar-refractivity contribution in [2.24, 2.45) is 0 Å². The highest BCUT2D eigenvalue weighted by atomic mass is 16.2. The Kier molecular flexibility index (Phi) is 4.86. The Labute approximate surface area is 181 Å². The van der Waals surface area contributed by atoms with Gasteiger partial charge >= 0.3 is 0 Å². The fourth-order valence-corrected chi connectivity index (χ4v) is 3.72. The standard InChI is InChI=1S/C24H24N6O/c1-17(18-10-12-20(13-11-18)29-16-25-15-26-29)28(2)24(31)23-14-22(19-8-9-19)27-30(23)21-6-4-3-5-7-21/h3-7,10-17,19H,8-9H2,1-2H3. The zero-order valence-electron chi connectivity index (χ0n) is 17.6. The number of aromatic nitrogens is 5. The topological polar surface area (TPSA) is 68.8 Å². The average molecular weight is 412 g/mol. The summed E-state index contributed by atoms with van der Waals surface area (Å²) >= 11 is 0. The molecular weight excluding hydrogens is 388 g/mol. The van der Waals surface area contributed by atoms with Crippen LogP contribution in [0.4, 0.5) is 0 Å². The van der Waals surface area contributed by atoms with Crippen molar-refractivity contribution >= 4 is 5.91 Å². The third-order valence-corrected chi connectivity index (χ3v) is 5.90. The van der Waals surface area contributed by atoms with E-state index in [2.05, 4.69) is 10.1 Å². The maximum atomic E-state index is 13.5. The summed E-state index contributed by atoms with van der Waals surface area (Å²) in [5.41, 5.74) is 4.48. The van der Waals surface area contributed by atoms with E-state index in [-0.39, 0.29) is 11.9 Å². The van der Waals surface area contributed by atoms with Crippen LogP contribution < -0.4 is 0 Å². The predicted molar refractivity (Wildman–Crippen MR) is 117 cm³/mol. The molecule has 1 unspecified atom stereocenters. The molecule has 0 N–H and O–H groups in total. The van der Waals surface area contributed by atoms with Crippen molar-refractivity contribution in [1.29, 1.82) is 0 Å². The molecule has 0 spiro atoms. The Morgan fingerprint density at radius 2 is 1.81 bits per heavy atom. The molecular formula is C24H24N6O. The quantitative estimate of drug-likeness (QED) is 0.477. The van der Waals surface area contributed by atoms with E-state index >= 15 is 0 Å². The molecule has 5 rings (SSSR count). The second-order valence-corrected chi connectivity index (χ2v) is 8.00. The van der Waals surface area contributed by atoms with Crippen LogP contribution in [0.3, 0.4) is 0 Å². The number of rotatable bonds is 6. The van der Waals surface area contributed by atoms with E-state index in [0.717, 1.165) is 35.5 Å². The van der Waals surface area contributed by atoms with Gasteiger partial charge in [0.05, 0.1) is 23.1 Å². The molecule has 31 heavy (non-hydrogen) atoms. The van der Waals surface area contributed by atoms with Crippen LogP contribution in [0.2, 0.25) is 0 Å². The van der Waals surface area contributed by atoms with Crippen LogP contribution >= 0.6 is 0 Å². The molecule has 2 aromatic heterocycles. The van der Waals surface area contributed by atoms with Gasteiger partial charge in [-0.3, -0.25) is 4.79 Å². The first-order chi connectivity index (χ1) is 15.1. The summed E-state index contributed by atoms with van der Waals surface area (Å²) in [7, 11) is 1.84. The molecule has 1 amide bonds. The van der Waals surface area contributed by atoms with Crippen molar-refractivity contribution in [2.75, 3.05) is 7.05 Å². The van der Waals surface area contributed by atoms with Gasteiger partial charge in [0.25, 0.3) is 5.91 Å². The maximum Gasteiger partial charge on any atom is 0.272 e. The summed E-state index contributed by atoms with van der Waals surface area (Å²) in [6.07, 6.45) is 5.46. The third kappa shape index (κ3) is 3.74. The number of benzene rings is 2. The molecule has 0 radical (unpaired) electrons. The molecule has 4 aromatic rings. The van der Waals surface area contributed by atoms with Crippen LogP contribution in [0, 0.1) is 0 Å². The molecule has 7 nitrogen and oxygen atoms in total. The molecule has 2 aromatic carbocycles. The first-order valence-electron chi connectivity index (χ1n) is 10.5. The van der Waals surface area contributed by atoms with Crippen LogP contribution in [0.25, 0.3) is 11.4 Å².